The lowest BCUT2D eigenvalue weighted by atomic mass is 9.87. The van der Waals surface area contributed by atoms with Gasteiger partial charge in [0.05, 0.1) is 11.6 Å². The summed E-state index contributed by atoms with van der Waals surface area (Å²) in [7, 11) is 0. The molecular weight excluding hydrogens is 314 g/mol. The van der Waals surface area contributed by atoms with Crippen molar-refractivity contribution in [3.05, 3.63) is 27.7 Å². The smallest absolute Gasteiger partial charge is 0.139 e. The largest absolute Gasteiger partial charge is 0.492 e. The van der Waals surface area contributed by atoms with Crippen molar-refractivity contribution in [2.45, 2.75) is 33.1 Å². The zero-order chi connectivity index (χ0) is 13.6. The number of hydrogen-bond acceptors (Lipinski definition) is 2. The fraction of sp³-hybridized carbons (Fsp3) is 0.571. The highest BCUT2D eigenvalue weighted by Crippen LogP contribution is 2.28. The van der Waals surface area contributed by atoms with Gasteiger partial charge in [-0.3, -0.25) is 0 Å². The van der Waals surface area contributed by atoms with Crippen molar-refractivity contribution in [1.82, 2.24) is 0 Å². The van der Waals surface area contributed by atoms with Gasteiger partial charge in [0.15, 0.2) is 0 Å². The highest BCUT2D eigenvalue weighted by atomic mass is 79.9. The van der Waals surface area contributed by atoms with Gasteiger partial charge in [0.2, 0.25) is 0 Å². The van der Waals surface area contributed by atoms with Crippen LogP contribution in [0.1, 0.15) is 33.1 Å². The Balaban J connectivity index is 2.28. The van der Waals surface area contributed by atoms with Gasteiger partial charge in [0, 0.05) is 4.47 Å². The summed E-state index contributed by atoms with van der Waals surface area (Å²) in [5, 5.41) is 0.653. The monoisotopic (exact) mass is 333 g/mol. The van der Waals surface area contributed by atoms with Crippen molar-refractivity contribution in [3.63, 3.8) is 0 Å². The van der Waals surface area contributed by atoms with Crippen molar-refractivity contribution >= 4 is 27.5 Å². The first-order chi connectivity index (χ1) is 8.44. The van der Waals surface area contributed by atoms with Crippen molar-refractivity contribution in [2.75, 3.05) is 13.2 Å². The predicted octanol–water partition coefficient (Wildman–Crippen LogP) is 4.64. The molecule has 0 aliphatic carbocycles. The maximum absolute atomic E-state index is 6.04. The van der Waals surface area contributed by atoms with Crippen LogP contribution in [-0.2, 0) is 0 Å². The topological polar surface area (TPSA) is 35.2 Å². The first-order valence-corrected chi connectivity index (χ1v) is 7.40. The van der Waals surface area contributed by atoms with E-state index in [1.54, 1.807) is 0 Å². The van der Waals surface area contributed by atoms with Crippen LogP contribution < -0.4 is 10.5 Å². The summed E-state index contributed by atoms with van der Waals surface area (Å²) in [6.07, 6.45) is 3.27. The average molecular weight is 335 g/mol. The Labute approximate surface area is 123 Å². The Morgan fingerprint density at radius 1 is 1.33 bits per heavy atom. The molecule has 0 radical (unpaired) electrons. The molecule has 1 aromatic carbocycles. The normalized spacial score (nSPS) is 11.6. The molecule has 18 heavy (non-hydrogen) atoms. The second kappa shape index (κ2) is 7.37. The third-order valence-electron chi connectivity index (χ3n) is 2.95. The molecule has 0 spiro atoms. The van der Waals surface area contributed by atoms with Gasteiger partial charge in [-0.15, -0.1) is 0 Å². The number of ether oxygens (including phenoxy) is 1. The van der Waals surface area contributed by atoms with E-state index in [0.717, 1.165) is 36.0 Å². The molecule has 0 bridgehead atoms. The Hall–Kier alpha value is -0.250. The molecule has 0 heterocycles. The Bertz CT molecular complexity index is 382. The lowest BCUT2D eigenvalue weighted by Gasteiger charge is -2.21. The molecule has 0 aliphatic rings. The molecule has 102 valence electrons. The zero-order valence-electron chi connectivity index (χ0n) is 11.0. The van der Waals surface area contributed by atoms with E-state index in [4.69, 9.17) is 22.1 Å². The molecule has 2 N–H and O–H groups in total. The number of benzene rings is 1. The summed E-state index contributed by atoms with van der Waals surface area (Å²) in [6.45, 7) is 5.81. The maximum atomic E-state index is 6.04. The van der Waals surface area contributed by atoms with Crippen molar-refractivity contribution in [1.29, 1.82) is 0 Å². The average Bonchev–Trinajstić information content (AvgIpc) is 2.33. The second-order valence-electron chi connectivity index (χ2n) is 5.25. The van der Waals surface area contributed by atoms with Crippen LogP contribution in [0.4, 0.5) is 0 Å². The highest BCUT2D eigenvalue weighted by molar-refractivity contribution is 9.10. The summed E-state index contributed by atoms with van der Waals surface area (Å²) in [5.74, 6) is 0.740. The fourth-order valence-electron chi connectivity index (χ4n) is 1.58. The standard InChI is InChI=1S/C14H21BrClNO/c1-14(2,10-17)7-3-4-8-18-13-9-11(15)5-6-12(13)16/h5-6,9H,3-4,7-8,10,17H2,1-2H3. The molecule has 0 fully saturated rings. The Morgan fingerprint density at radius 3 is 2.72 bits per heavy atom. The second-order valence-corrected chi connectivity index (χ2v) is 6.57. The molecule has 0 unspecified atom stereocenters. The van der Waals surface area contributed by atoms with Crippen molar-refractivity contribution in [3.8, 4) is 5.75 Å². The molecule has 4 heteroatoms. The van der Waals surface area contributed by atoms with E-state index >= 15 is 0 Å². The summed E-state index contributed by atoms with van der Waals surface area (Å²) < 4.78 is 6.65. The van der Waals surface area contributed by atoms with E-state index in [9.17, 15) is 0 Å². The molecular formula is C14H21BrClNO. The number of unbranched alkanes of at least 4 members (excludes halogenated alkanes) is 1. The molecule has 1 rings (SSSR count). The Morgan fingerprint density at radius 2 is 2.06 bits per heavy atom. The van der Waals surface area contributed by atoms with Crippen molar-refractivity contribution in [2.24, 2.45) is 11.1 Å². The fourth-order valence-corrected chi connectivity index (χ4v) is 2.09. The molecule has 0 atom stereocenters. The Kier molecular flexibility index (Phi) is 6.47. The lowest BCUT2D eigenvalue weighted by Crippen LogP contribution is -2.23. The van der Waals surface area contributed by atoms with Gasteiger partial charge in [-0.2, -0.15) is 0 Å². The molecule has 0 amide bonds. The highest BCUT2D eigenvalue weighted by Gasteiger charge is 2.14. The minimum atomic E-state index is 0.230. The van der Waals surface area contributed by atoms with Gasteiger partial charge in [-0.05, 0) is 49.4 Å². The van der Waals surface area contributed by atoms with Gasteiger partial charge < -0.3 is 10.5 Å². The summed E-state index contributed by atoms with van der Waals surface area (Å²) in [5.41, 5.74) is 5.92. The van der Waals surface area contributed by atoms with Crippen LogP contribution in [0.2, 0.25) is 5.02 Å². The van der Waals surface area contributed by atoms with E-state index in [2.05, 4.69) is 29.8 Å². The summed E-state index contributed by atoms with van der Waals surface area (Å²) in [6, 6.07) is 5.63. The molecule has 0 saturated carbocycles. The van der Waals surface area contributed by atoms with Crippen LogP contribution >= 0.6 is 27.5 Å². The van der Waals surface area contributed by atoms with E-state index in [-0.39, 0.29) is 5.41 Å². The van der Waals surface area contributed by atoms with Crippen LogP contribution in [-0.4, -0.2) is 13.2 Å². The van der Waals surface area contributed by atoms with Crippen LogP contribution in [0, 0.1) is 5.41 Å². The molecule has 0 aromatic heterocycles. The SMILES string of the molecule is CC(C)(CN)CCCCOc1cc(Br)ccc1Cl. The van der Waals surface area contributed by atoms with Crippen LogP contribution in [0.15, 0.2) is 22.7 Å². The maximum Gasteiger partial charge on any atom is 0.139 e. The third kappa shape index (κ3) is 5.59. The zero-order valence-corrected chi connectivity index (χ0v) is 13.4. The van der Waals surface area contributed by atoms with E-state index in [1.165, 1.54) is 0 Å². The predicted molar refractivity (Wildman–Crippen MR) is 81.3 cm³/mol. The van der Waals surface area contributed by atoms with Gasteiger partial charge in [-0.1, -0.05) is 41.4 Å². The number of hydrogen-bond donors (Lipinski definition) is 1. The van der Waals surface area contributed by atoms with Gasteiger partial charge in [-0.25, -0.2) is 0 Å². The third-order valence-corrected chi connectivity index (χ3v) is 3.76. The number of rotatable bonds is 7. The van der Waals surface area contributed by atoms with Crippen LogP contribution in [0.5, 0.6) is 5.75 Å². The van der Waals surface area contributed by atoms with Gasteiger partial charge in [0.1, 0.15) is 5.75 Å². The van der Waals surface area contributed by atoms with Crippen LogP contribution in [0.25, 0.3) is 0 Å². The first-order valence-electron chi connectivity index (χ1n) is 6.22. The van der Waals surface area contributed by atoms with E-state index in [1.807, 2.05) is 18.2 Å². The molecule has 1 aromatic rings. The lowest BCUT2D eigenvalue weighted by molar-refractivity contribution is 0.279. The minimum absolute atomic E-state index is 0.230. The summed E-state index contributed by atoms with van der Waals surface area (Å²) >= 11 is 9.44. The van der Waals surface area contributed by atoms with Gasteiger partial charge in [0.25, 0.3) is 0 Å². The molecule has 0 saturated heterocycles. The molecule has 0 aliphatic heterocycles. The van der Waals surface area contributed by atoms with E-state index in [0.29, 0.717) is 11.6 Å². The van der Waals surface area contributed by atoms with Crippen LogP contribution in [0.3, 0.4) is 0 Å². The van der Waals surface area contributed by atoms with Gasteiger partial charge >= 0.3 is 0 Å². The number of halogens is 2. The molecule has 2 nitrogen and oxygen atoms in total. The first kappa shape index (κ1) is 15.8. The number of nitrogens with two attached hydrogens (primary N) is 1. The quantitative estimate of drug-likeness (QED) is 0.737. The van der Waals surface area contributed by atoms with Crippen molar-refractivity contribution < 1.29 is 4.74 Å². The van der Waals surface area contributed by atoms with E-state index < -0.39 is 0 Å². The minimum Gasteiger partial charge on any atom is -0.492 e. The summed E-state index contributed by atoms with van der Waals surface area (Å²) in [4.78, 5) is 0.